The molecule has 25 heavy (non-hydrogen) atoms. The average Bonchev–Trinajstić information content (AvgIpc) is 3.22. The fourth-order valence-corrected chi connectivity index (χ4v) is 3.94. The van der Waals surface area contributed by atoms with Crippen LogP contribution in [-0.2, 0) is 4.79 Å². The number of hydrogen-bond acceptors (Lipinski definition) is 3. The lowest BCUT2D eigenvalue weighted by Crippen LogP contribution is -2.52. The normalized spacial score (nSPS) is 29.6. The van der Waals surface area contributed by atoms with E-state index in [2.05, 4.69) is 24.1 Å². The second-order valence-corrected chi connectivity index (χ2v) is 7.15. The van der Waals surface area contributed by atoms with Gasteiger partial charge in [0.25, 0.3) is 5.91 Å². The van der Waals surface area contributed by atoms with Crippen LogP contribution in [0.15, 0.2) is 30.5 Å². The zero-order valence-electron chi connectivity index (χ0n) is 15.0. The molecule has 1 saturated heterocycles. The SMILES string of the molecule is CC[C@@H]1C=CCC(C2(C)C(=O)N(CC(=O)c3ccc[nH]3)C(=O)N2C)C1. The summed E-state index contributed by atoms with van der Waals surface area (Å²) in [4.78, 5) is 43.6. The van der Waals surface area contributed by atoms with Crippen molar-refractivity contribution >= 4 is 17.7 Å². The number of carbonyl (C=O) groups is 3. The van der Waals surface area contributed by atoms with E-state index < -0.39 is 11.6 Å². The second kappa shape index (κ2) is 6.50. The van der Waals surface area contributed by atoms with Gasteiger partial charge in [0.05, 0.1) is 12.2 Å². The molecule has 1 aromatic rings. The van der Waals surface area contributed by atoms with Gasteiger partial charge in [0.1, 0.15) is 5.54 Å². The monoisotopic (exact) mass is 343 g/mol. The third kappa shape index (κ3) is 2.79. The molecule has 134 valence electrons. The first-order valence-corrected chi connectivity index (χ1v) is 8.82. The Labute approximate surface area is 147 Å². The maximum atomic E-state index is 13.1. The maximum absolute atomic E-state index is 13.1. The number of H-pyrrole nitrogens is 1. The first-order valence-electron chi connectivity index (χ1n) is 8.82. The van der Waals surface area contributed by atoms with Crippen LogP contribution < -0.4 is 0 Å². The Morgan fingerprint density at radius 1 is 1.40 bits per heavy atom. The summed E-state index contributed by atoms with van der Waals surface area (Å²) < 4.78 is 0. The molecule has 1 aromatic heterocycles. The lowest BCUT2D eigenvalue weighted by molar-refractivity contribution is -0.134. The summed E-state index contributed by atoms with van der Waals surface area (Å²) in [6.45, 7) is 3.74. The van der Waals surface area contributed by atoms with E-state index in [0.717, 1.165) is 24.2 Å². The van der Waals surface area contributed by atoms with E-state index in [1.165, 1.54) is 4.90 Å². The van der Waals surface area contributed by atoms with Crippen molar-refractivity contribution in [1.82, 2.24) is 14.8 Å². The highest BCUT2D eigenvalue weighted by Gasteiger charge is 2.56. The number of urea groups is 1. The molecule has 1 N–H and O–H groups in total. The minimum atomic E-state index is -0.898. The van der Waals surface area contributed by atoms with Gasteiger partial charge < -0.3 is 9.88 Å². The van der Waals surface area contributed by atoms with Gasteiger partial charge in [-0.05, 0) is 50.2 Å². The van der Waals surface area contributed by atoms with Gasteiger partial charge in [0, 0.05) is 13.2 Å². The molecular weight excluding hydrogens is 318 g/mol. The molecule has 6 heteroatoms. The van der Waals surface area contributed by atoms with Gasteiger partial charge in [0.15, 0.2) is 5.78 Å². The molecule has 1 aliphatic carbocycles. The Kier molecular flexibility index (Phi) is 4.54. The number of allylic oxidation sites excluding steroid dienone is 2. The number of rotatable bonds is 5. The van der Waals surface area contributed by atoms with Crippen molar-refractivity contribution in [2.45, 2.75) is 38.6 Å². The number of nitrogens with zero attached hydrogens (tertiary/aromatic N) is 2. The number of aromatic nitrogens is 1. The van der Waals surface area contributed by atoms with Crippen LogP contribution in [-0.4, -0.2) is 51.6 Å². The van der Waals surface area contributed by atoms with Crippen LogP contribution in [0.2, 0.25) is 0 Å². The summed E-state index contributed by atoms with van der Waals surface area (Å²) in [5, 5.41) is 0. The van der Waals surface area contributed by atoms with Crippen molar-refractivity contribution in [3.8, 4) is 0 Å². The zero-order chi connectivity index (χ0) is 18.2. The smallest absolute Gasteiger partial charge is 0.327 e. The Morgan fingerprint density at radius 3 is 2.80 bits per heavy atom. The third-order valence-corrected chi connectivity index (χ3v) is 5.83. The molecule has 1 aliphatic heterocycles. The van der Waals surface area contributed by atoms with Crippen LogP contribution in [0.5, 0.6) is 0 Å². The molecule has 3 amide bonds. The minimum absolute atomic E-state index is 0.0643. The third-order valence-electron chi connectivity index (χ3n) is 5.83. The van der Waals surface area contributed by atoms with Crippen LogP contribution >= 0.6 is 0 Å². The highest BCUT2D eigenvalue weighted by Crippen LogP contribution is 2.41. The molecule has 2 unspecified atom stereocenters. The van der Waals surface area contributed by atoms with Crippen LogP contribution in [0.25, 0.3) is 0 Å². The number of amides is 3. The molecule has 0 spiro atoms. The van der Waals surface area contributed by atoms with Gasteiger partial charge in [-0.3, -0.25) is 14.5 Å². The Bertz CT molecular complexity index is 710. The molecule has 0 saturated carbocycles. The predicted octanol–water partition coefficient (Wildman–Crippen LogP) is 2.84. The summed E-state index contributed by atoms with van der Waals surface area (Å²) >= 11 is 0. The highest BCUT2D eigenvalue weighted by molar-refractivity contribution is 6.10. The van der Waals surface area contributed by atoms with E-state index in [4.69, 9.17) is 0 Å². The highest BCUT2D eigenvalue weighted by atomic mass is 16.2. The Balaban J connectivity index is 1.82. The molecule has 2 heterocycles. The summed E-state index contributed by atoms with van der Waals surface area (Å²) in [6, 6.07) is 2.97. The molecule has 3 atom stereocenters. The van der Waals surface area contributed by atoms with Crippen LogP contribution in [0.4, 0.5) is 4.79 Å². The van der Waals surface area contributed by atoms with Gasteiger partial charge in [-0.2, -0.15) is 0 Å². The number of carbonyl (C=O) groups excluding carboxylic acids is 3. The van der Waals surface area contributed by atoms with Crippen LogP contribution in [0.1, 0.15) is 43.6 Å². The van der Waals surface area contributed by atoms with Crippen molar-refractivity contribution < 1.29 is 14.4 Å². The number of aromatic amines is 1. The first kappa shape index (κ1) is 17.5. The van der Waals surface area contributed by atoms with E-state index in [0.29, 0.717) is 11.6 Å². The fourth-order valence-electron chi connectivity index (χ4n) is 3.94. The molecule has 0 aromatic carbocycles. The molecule has 1 fully saturated rings. The van der Waals surface area contributed by atoms with Crippen LogP contribution in [0, 0.1) is 11.8 Å². The number of hydrogen-bond donors (Lipinski definition) is 1. The van der Waals surface area contributed by atoms with Crippen LogP contribution in [0.3, 0.4) is 0 Å². The molecule has 3 rings (SSSR count). The Hall–Kier alpha value is -2.37. The van der Waals surface area contributed by atoms with E-state index in [9.17, 15) is 14.4 Å². The maximum Gasteiger partial charge on any atom is 0.327 e. The van der Waals surface area contributed by atoms with E-state index in [-0.39, 0.29) is 24.2 Å². The average molecular weight is 343 g/mol. The van der Waals surface area contributed by atoms with Gasteiger partial charge in [-0.25, -0.2) is 4.79 Å². The predicted molar refractivity (Wildman–Crippen MR) is 94.0 cm³/mol. The van der Waals surface area contributed by atoms with Crippen molar-refractivity contribution in [3.05, 3.63) is 36.2 Å². The molecule has 0 radical (unpaired) electrons. The number of likely N-dealkylation sites (N-methyl/N-ethyl adjacent to an activating group) is 1. The van der Waals surface area contributed by atoms with Crippen molar-refractivity contribution in [1.29, 1.82) is 0 Å². The number of nitrogens with one attached hydrogen (secondary N) is 1. The second-order valence-electron chi connectivity index (χ2n) is 7.15. The van der Waals surface area contributed by atoms with E-state index in [1.54, 1.807) is 25.4 Å². The van der Waals surface area contributed by atoms with Gasteiger partial charge in [-0.15, -0.1) is 0 Å². The molecule has 6 nitrogen and oxygen atoms in total. The zero-order valence-corrected chi connectivity index (χ0v) is 15.0. The summed E-state index contributed by atoms with van der Waals surface area (Å²) in [7, 11) is 1.67. The lowest BCUT2D eigenvalue weighted by Gasteiger charge is -2.39. The van der Waals surface area contributed by atoms with Gasteiger partial charge >= 0.3 is 6.03 Å². The molecule has 2 aliphatic rings. The summed E-state index contributed by atoms with van der Waals surface area (Å²) in [5.74, 6) is -0.0367. The van der Waals surface area contributed by atoms with E-state index >= 15 is 0 Å². The van der Waals surface area contributed by atoms with Gasteiger partial charge in [0.2, 0.25) is 0 Å². The molecular formula is C19H25N3O3. The van der Waals surface area contributed by atoms with Crippen molar-refractivity contribution in [3.63, 3.8) is 0 Å². The standard InChI is InChI=1S/C19H25N3O3/c1-4-13-7-5-8-14(11-13)19(2)17(24)22(18(25)21(19)3)12-16(23)15-9-6-10-20-15/h5-7,9-10,13-14,20H,4,8,11-12H2,1-3H3/t13-,14?,19?/m1/s1. The number of Topliss-reactive ketones (excluding diaryl/α,β-unsaturated/α-hetero) is 1. The van der Waals surface area contributed by atoms with Crippen molar-refractivity contribution in [2.75, 3.05) is 13.6 Å². The van der Waals surface area contributed by atoms with Crippen molar-refractivity contribution in [2.24, 2.45) is 11.8 Å². The summed E-state index contributed by atoms with van der Waals surface area (Å²) in [5.41, 5.74) is -0.492. The quantitative estimate of drug-likeness (QED) is 0.507. The Morgan fingerprint density at radius 2 is 2.16 bits per heavy atom. The van der Waals surface area contributed by atoms with Gasteiger partial charge in [-0.1, -0.05) is 19.1 Å². The fraction of sp³-hybridized carbons (Fsp3) is 0.526. The minimum Gasteiger partial charge on any atom is -0.359 e. The summed E-state index contributed by atoms with van der Waals surface area (Å²) in [6.07, 6.45) is 8.64. The number of imide groups is 1. The largest absolute Gasteiger partial charge is 0.359 e. The topological polar surface area (TPSA) is 73.5 Å². The first-order chi connectivity index (χ1) is 11.9. The lowest BCUT2D eigenvalue weighted by atomic mass is 9.73. The molecule has 0 bridgehead atoms. The van der Waals surface area contributed by atoms with E-state index in [1.807, 2.05) is 6.92 Å². The number of ketones is 1.